The lowest BCUT2D eigenvalue weighted by Crippen LogP contribution is -2.30. The summed E-state index contributed by atoms with van der Waals surface area (Å²) in [5.41, 5.74) is 1.30. The van der Waals surface area contributed by atoms with Crippen molar-refractivity contribution in [2.24, 2.45) is 0 Å². The van der Waals surface area contributed by atoms with Gasteiger partial charge in [-0.05, 0) is 36.4 Å². The Bertz CT molecular complexity index is 678. The van der Waals surface area contributed by atoms with E-state index in [1.54, 1.807) is 36.0 Å². The molecule has 0 fully saturated rings. The number of nitrogens with one attached hydrogen (secondary N) is 3. The highest BCUT2D eigenvalue weighted by molar-refractivity contribution is 7.99. The van der Waals surface area contributed by atoms with Crippen LogP contribution in [0.5, 0.6) is 0 Å². The molecular formula is C18H21N3O3S. The predicted molar refractivity (Wildman–Crippen MR) is 101 cm³/mol. The molecule has 25 heavy (non-hydrogen) atoms. The molecule has 132 valence electrons. The van der Waals surface area contributed by atoms with Gasteiger partial charge in [-0.1, -0.05) is 18.2 Å². The van der Waals surface area contributed by atoms with Crippen LogP contribution in [0.25, 0.3) is 0 Å². The molecule has 3 amide bonds. The number of thioether (sulfide) groups is 1. The summed E-state index contributed by atoms with van der Waals surface area (Å²) in [5, 5.41) is 8.24. The first-order valence-electron chi connectivity index (χ1n) is 7.79. The number of hydrogen-bond donors (Lipinski definition) is 3. The van der Waals surface area contributed by atoms with Crippen molar-refractivity contribution < 1.29 is 14.3 Å². The summed E-state index contributed by atoms with van der Waals surface area (Å²) in [6.07, 6.45) is 0. The number of methoxy groups -OCH3 is 1. The molecule has 2 rings (SSSR count). The van der Waals surface area contributed by atoms with Gasteiger partial charge in [-0.15, -0.1) is 11.8 Å². The van der Waals surface area contributed by atoms with Crippen molar-refractivity contribution in [1.82, 2.24) is 5.32 Å². The zero-order valence-electron chi connectivity index (χ0n) is 14.0. The van der Waals surface area contributed by atoms with Crippen LogP contribution < -0.4 is 16.0 Å². The third-order valence-corrected chi connectivity index (χ3v) is 4.12. The van der Waals surface area contributed by atoms with Crippen molar-refractivity contribution in [3.63, 3.8) is 0 Å². The number of amides is 3. The second-order valence-corrected chi connectivity index (χ2v) is 6.27. The minimum atomic E-state index is -0.259. The van der Waals surface area contributed by atoms with E-state index < -0.39 is 0 Å². The SMILES string of the molecule is COCC(=O)Nc1ccc(NC(=O)NCCSc2ccccc2)cc1. The molecule has 6 nitrogen and oxygen atoms in total. The third-order valence-electron chi connectivity index (χ3n) is 3.10. The lowest BCUT2D eigenvalue weighted by atomic mass is 10.3. The van der Waals surface area contributed by atoms with Gasteiger partial charge in [-0.3, -0.25) is 4.79 Å². The molecule has 0 saturated carbocycles. The Morgan fingerprint density at radius 3 is 2.24 bits per heavy atom. The molecule has 0 spiro atoms. The summed E-state index contributed by atoms with van der Waals surface area (Å²) >= 11 is 1.69. The number of hydrogen-bond acceptors (Lipinski definition) is 4. The zero-order chi connectivity index (χ0) is 17.9. The Labute approximate surface area is 151 Å². The van der Waals surface area contributed by atoms with Crippen LogP contribution in [0.15, 0.2) is 59.5 Å². The van der Waals surface area contributed by atoms with Crippen LogP contribution in [0.4, 0.5) is 16.2 Å². The molecule has 0 atom stereocenters. The molecule has 0 aromatic heterocycles. The summed E-state index contributed by atoms with van der Waals surface area (Å²) in [4.78, 5) is 24.4. The molecule has 3 N–H and O–H groups in total. The van der Waals surface area contributed by atoms with E-state index in [4.69, 9.17) is 4.74 Å². The van der Waals surface area contributed by atoms with Crippen LogP contribution in [0.3, 0.4) is 0 Å². The van der Waals surface area contributed by atoms with Gasteiger partial charge in [0.25, 0.3) is 0 Å². The molecule has 0 bridgehead atoms. The predicted octanol–water partition coefficient (Wildman–Crippen LogP) is 3.19. The maximum absolute atomic E-state index is 11.9. The molecule has 7 heteroatoms. The number of ether oxygens (including phenoxy) is 1. The van der Waals surface area contributed by atoms with Crippen LogP contribution in [0.1, 0.15) is 0 Å². The van der Waals surface area contributed by atoms with Gasteiger partial charge in [-0.2, -0.15) is 0 Å². The van der Waals surface area contributed by atoms with Crippen molar-refractivity contribution in [2.75, 3.05) is 36.6 Å². The Morgan fingerprint density at radius 2 is 1.60 bits per heavy atom. The van der Waals surface area contributed by atoms with Crippen molar-refractivity contribution in [2.45, 2.75) is 4.90 Å². The molecule has 0 heterocycles. The standard InChI is InChI=1S/C18H21N3O3S/c1-24-13-17(22)20-14-7-9-15(10-8-14)21-18(23)19-11-12-25-16-5-3-2-4-6-16/h2-10H,11-13H2,1H3,(H,20,22)(H2,19,21,23). The van der Waals surface area contributed by atoms with Crippen molar-refractivity contribution in [3.8, 4) is 0 Å². The van der Waals surface area contributed by atoms with Crippen LogP contribution in [-0.2, 0) is 9.53 Å². The second-order valence-electron chi connectivity index (χ2n) is 5.10. The normalized spacial score (nSPS) is 10.1. The first-order valence-corrected chi connectivity index (χ1v) is 8.77. The van der Waals surface area contributed by atoms with Crippen molar-refractivity contribution in [3.05, 3.63) is 54.6 Å². The van der Waals surface area contributed by atoms with Gasteiger partial charge in [0.15, 0.2) is 0 Å². The minimum absolute atomic E-state index is 0.00337. The third kappa shape index (κ3) is 7.28. The average molecular weight is 359 g/mol. The van der Waals surface area contributed by atoms with Gasteiger partial charge >= 0.3 is 6.03 Å². The number of rotatable bonds is 8. The molecule has 0 aliphatic heterocycles. The van der Waals surface area contributed by atoms with Gasteiger partial charge in [0, 0.05) is 35.7 Å². The van der Waals surface area contributed by atoms with Gasteiger partial charge < -0.3 is 20.7 Å². The van der Waals surface area contributed by atoms with Gasteiger partial charge in [0.05, 0.1) is 0 Å². The largest absolute Gasteiger partial charge is 0.375 e. The van der Waals surface area contributed by atoms with Crippen LogP contribution in [0, 0.1) is 0 Å². The van der Waals surface area contributed by atoms with E-state index in [1.165, 1.54) is 12.0 Å². The fourth-order valence-electron chi connectivity index (χ4n) is 1.99. The van der Waals surface area contributed by atoms with Gasteiger partial charge in [0.1, 0.15) is 6.61 Å². The number of urea groups is 1. The first-order chi connectivity index (χ1) is 12.2. The molecule has 0 aliphatic rings. The quantitative estimate of drug-likeness (QED) is 0.500. The summed E-state index contributed by atoms with van der Waals surface area (Å²) in [6.45, 7) is 0.569. The molecule has 0 aliphatic carbocycles. The highest BCUT2D eigenvalue weighted by atomic mass is 32.2. The second kappa shape index (κ2) is 10.4. The van der Waals surface area contributed by atoms with E-state index >= 15 is 0 Å². The Kier molecular flexibility index (Phi) is 7.81. The van der Waals surface area contributed by atoms with Crippen molar-refractivity contribution in [1.29, 1.82) is 0 Å². The summed E-state index contributed by atoms with van der Waals surface area (Å²) in [7, 11) is 1.46. The molecule has 0 saturated heterocycles. The minimum Gasteiger partial charge on any atom is -0.375 e. The number of carbonyl (C=O) groups is 2. The molecular weight excluding hydrogens is 338 g/mol. The molecule has 0 unspecified atom stereocenters. The maximum Gasteiger partial charge on any atom is 0.319 e. The average Bonchev–Trinajstić information content (AvgIpc) is 2.61. The topological polar surface area (TPSA) is 79.5 Å². The van der Waals surface area contributed by atoms with Crippen LogP contribution in [-0.4, -0.2) is 38.0 Å². The smallest absolute Gasteiger partial charge is 0.319 e. The summed E-state index contributed by atoms with van der Waals surface area (Å²) in [6, 6.07) is 16.7. The lowest BCUT2D eigenvalue weighted by molar-refractivity contribution is -0.119. The fraction of sp³-hybridized carbons (Fsp3) is 0.222. The van der Waals surface area contributed by atoms with Crippen LogP contribution in [0.2, 0.25) is 0 Å². The fourth-order valence-corrected chi connectivity index (χ4v) is 2.78. The number of benzene rings is 2. The van der Waals surface area contributed by atoms with Gasteiger partial charge in [-0.25, -0.2) is 4.79 Å². The number of carbonyl (C=O) groups excluding carboxylic acids is 2. The van der Waals surface area contributed by atoms with E-state index in [9.17, 15) is 9.59 Å². The Hall–Kier alpha value is -2.51. The maximum atomic E-state index is 11.9. The highest BCUT2D eigenvalue weighted by Gasteiger charge is 2.03. The van der Waals surface area contributed by atoms with Gasteiger partial charge in [0.2, 0.25) is 5.91 Å². The lowest BCUT2D eigenvalue weighted by Gasteiger charge is -2.09. The summed E-state index contributed by atoms with van der Waals surface area (Å²) < 4.78 is 4.75. The monoisotopic (exact) mass is 359 g/mol. The summed E-state index contributed by atoms with van der Waals surface area (Å²) in [5.74, 6) is 0.568. The molecule has 2 aromatic carbocycles. The zero-order valence-corrected chi connectivity index (χ0v) is 14.8. The van der Waals surface area contributed by atoms with E-state index in [0.29, 0.717) is 17.9 Å². The molecule has 2 aromatic rings. The first kappa shape index (κ1) is 18.8. The van der Waals surface area contributed by atoms with Crippen molar-refractivity contribution >= 4 is 35.1 Å². The Morgan fingerprint density at radius 1 is 0.960 bits per heavy atom. The van der Waals surface area contributed by atoms with Crippen LogP contribution >= 0.6 is 11.8 Å². The van der Waals surface area contributed by atoms with E-state index in [-0.39, 0.29) is 18.5 Å². The van der Waals surface area contributed by atoms with E-state index in [0.717, 1.165) is 5.75 Å². The van der Waals surface area contributed by atoms with E-state index in [1.807, 2.05) is 30.3 Å². The number of anilines is 2. The Balaban J connectivity index is 1.68. The highest BCUT2D eigenvalue weighted by Crippen LogP contribution is 2.16. The molecule has 0 radical (unpaired) electrons. The van der Waals surface area contributed by atoms with E-state index in [2.05, 4.69) is 16.0 Å².